The highest BCUT2D eigenvalue weighted by atomic mass is 19.1. The number of hydrogen-bond donors (Lipinski definition) is 1. The van der Waals surface area contributed by atoms with Gasteiger partial charge in [-0.25, -0.2) is 14.4 Å². The van der Waals surface area contributed by atoms with E-state index in [4.69, 9.17) is 0 Å². The topological polar surface area (TPSA) is 65.1 Å². The number of carbonyl (C=O) groups is 1. The molecular weight excluding hydrogens is 417 g/mol. The van der Waals surface area contributed by atoms with E-state index in [0.29, 0.717) is 31.0 Å². The number of aromatic nitrogens is 3. The van der Waals surface area contributed by atoms with Gasteiger partial charge in [0.2, 0.25) is 11.9 Å². The summed E-state index contributed by atoms with van der Waals surface area (Å²) in [5.41, 5.74) is 3.11. The first kappa shape index (κ1) is 20.4. The number of benzene rings is 1. The first-order chi connectivity index (χ1) is 16.2. The Balaban J connectivity index is 1.23. The molecule has 1 saturated carbocycles. The molecule has 7 heteroatoms. The van der Waals surface area contributed by atoms with E-state index in [0.717, 1.165) is 35.7 Å². The van der Waals surface area contributed by atoms with Crippen molar-refractivity contribution in [3.05, 3.63) is 60.3 Å². The molecule has 33 heavy (non-hydrogen) atoms. The summed E-state index contributed by atoms with van der Waals surface area (Å²) in [4.78, 5) is 30.1. The number of rotatable bonds is 3. The largest absolute Gasteiger partial charge is 0.360 e. The molecule has 4 heterocycles. The number of anilines is 1. The van der Waals surface area contributed by atoms with Crippen molar-refractivity contribution in [3.63, 3.8) is 0 Å². The quantitative estimate of drug-likeness (QED) is 0.642. The second kappa shape index (κ2) is 8.28. The van der Waals surface area contributed by atoms with E-state index in [1.807, 2.05) is 23.2 Å². The van der Waals surface area contributed by atoms with Crippen LogP contribution in [0.25, 0.3) is 16.5 Å². The molecule has 2 fully saturated rings. The van der Waals surface area contributed by atoms with Gasteiger partial charge in [-0.05, 0) is 61.4 Å². The van der Waals surface area contributed by atoms with Gasteiger partial charge in [-0.2, -0.15) is 0 Å². The number of H-pyrrole nitrogens is 1. The van der Waals surface area contributed by atoms with E-state index in [1.165, 1.54) is 37.0 Å². The number of nitrogens with zero attached hydrogens (tertiary/aromatic N) is 4. The fourth-order valence-corrected chi connectivity index (χ4v) is 6.08. The Morgan fingerprint density at radius 1 is 1.15 bits per heavy atom. The molecule has 1 saturated heterocycles. The molecular formula is C26H28FN5O. The monoisotopic (exact) mass is 445 g/mol. The van der Waals surface area contributed by atoms with Crippen molar-refractivity contribution in [3.8, 4) is 0 Å². The second-order valence-corrected chi connectivity index (χ2v) is 9.48. The molecule has 0 unspecified atom stereocenters. The fourth-order valence-electron chi connectivity index (χ4n) is 6.08. The summed E-state index contributed by atoms with van der Waals surface area (Å²) in [6, 6.07) is 6.85. The van der Waals surface area contributed by atoms with E-state index in [9.17, 15) is 9.18 Å². The SMILES string of the molecule is O=C([C@@H]1C[C@@H]2CCCC[C@@H]2N1c1ncccn1)N1CC=C(c2c[nH]c3cc(F)ccc23)CC1. The standard InChI is InChI=1S/C26H28FN5O/c27-19-6-7-20-21(16-30-22(20)15-19)17-8-12-31(13-9-17)25(33)24-14-18-4-1-2-5-23(18)32(24)26-28-10-3-11-29-26/h3,6-8,10-11,15-16,18,23-24,30H,1-2,4-5,9,12-14H2/t18-,23-,24-/m0/s1. The van der Waals surface area contributed by atoms with Crippen molar-refractivity contribution in [2.45, 2.75) is 50.6 Å². The van der Waals surface area contributed by atoms with E-state index >= 15 is 0 Å². The van der Waals surface area contributed by atoms with Gasteiger partial charge in [-0.3, -0.25) is 4.79 Å². The minimum Gasteiger partial charge on any atom is -0.360 e. The fraction of sp³-hybridized carbons (Fsp3) is 0.423. The van der Waals surface area contributed by atoms with Crippen LogP contribution in [0.4, 0.5) is 10.3 Å². The van der Waals surface area contributed by atoms with Gasteiger partial charge in [0.25, 0.3) is 0 Å². The van der Waals surface area contributed by atoms with Gasteiger partial charge >= 0.3 is 0 Å². The van der Waals surface area contributed by atoms with Crippen LogP contribution in [0.15, 0.2) is 48.9 Å². The van der Waals surface area contributed by atoms with E-state index in [-0.39, 0.29) is 17.8 Å². The summed E-state index contributed by atoms with van der Waals surface area (Å²) in [5.74, 6) is 1.17. The molecule has 6 rings (SSSR count). The Morgan fingerprint density at radius 2 is 2.00 bits per heavy atom. The highest BCUT2D eigenvalue weighted by Gasteiger charge is 2.47. The average molecular weight is 446 g/mol. The van der Waals surface area contributed by atoms with Crippen LogP contribution in [-0.4, -0.2) is 50.9 Å². The van der Waals surface area contributed by atoms with Crippen LogP contribution in [0.5, 0.6) is 0 Å². The van der Waals surface area contributed by atoms with Gasteiger partial charge in [0.05, 0.1) is 0 Å². The van der Waals surface area contributed by atoms with Crippen molar-refractivity contribution in [1.82, 2.24) is 19.9 Å². The molecule has 1 amide bonds. The predicted molar refractivity (Wildman–Crippen MR) is 126 cm³/mol. The predicted octanol–water partition coefficient (Wildman–Crippen LogP) is 4.55. The Morgan fingerprint density at radius 3 is 2.82 bits per heavy atom. The van der Waals surface area contributed by atoms with Crippen molar-refractivity contribution in [1.29, 1.82) is 0 Å². The smallest absolute Gasteiger partial charge is 0.245 e. The van der Waals surface area contributed by atoms with Crippen LogP contribution in [0, 0.1) is 11.7 Å². The Bertz CT molecular complexity index is 1210. The van der Waals surface area contributed by atoms with Crippen LogP contribution in [0.1, 0.15) is 44.1 Å². The lowest BCUT2D eigenvalue weighted by Gasteiger charge is -2.35. The van der Waals surface area contributed by atoms with E-state index in [1.54, 1.807) is 12.4 Å². The highest BCUT2D eigenvalue weighted by Crippen LogP contribution is 2.42. The number of halogens is 1. The van der Waals surface area contributed by atoms with E-state index in [2.05, 4.69) is 25.9 Å². The minimum absolute atomic E-state index is 0.188. The van der Waals surface area contributed by atoms with Gasteiger partial charge in [0.1, 0.15) is 11.9 Å². The maximum Gasteiger partial charge on any atom is 0.245 e. The summed E-state index contributed by atoms with van der Waals surface area (Å²) in [7, 11) is 0. The average Bonchev–Trinajstić information content (AvgIpc) is 3.45. The number of hydrogen-bond acceptors (Lipinski definition) is 4. The molecule has 0 spiro atoms. The van der Waals surface area contributed by atoms with Crippen LogP contribution in [0.3, 0.4) is 0 Å². The summed E-state index contributed by atoms with van der Waals surface area (Å²) >= 11 is 0. The molecule has 1 aliphatic carbocycles. The molecule has 0 bridgehead atoms. The molecule has 1 N–H and O–H groups in total. The zero-order valence-electron chi connectivity index (χ0n) is 18.6. The Labute approximate surface area is 192 Å². The molecule has 3 aliphatic rings. The van der Waals surface area contributed by atoms with Crippen molar-refractivity contribution in [2.24, 2.45) is 5.92 Å². The van der Waals surface area contributed by atoms with Crippen LogP contribution >= 0.6 is 0 Å². The molecule has 2 aromatic heterocycles. The van der Waals surface area contributed by atoms with Gasteiger partial charge in [-0.1, -0.05) is 18.9 Å². The summed E-state index contributed by atoms with van der Waals surface area (Å²) in [6.07, 6.45) is 14.1. The molecule has 1 aromatic carbocycles. The van der Waals surface area contributed by atoms with Crippen molar-refractivity contribution < 1.29 is 9.18 Å². The molecule has 3 aromatic rings. The number of aromatic amines is 1. The van der Waals surface area contributed by atoms with Gasteiger partial charge in [0.15, 0.2) is 0 Å². The number of amides is 1. The zero-order chi connectivity index (χ0) is 22.4. The second-order valence-electron chi connectivity index (χ2n) is 9.48. The lowest BCUT2D eigenvalue weighted by molar-refractivity contribution is -0.132. The lowest BCUT2D eigenvalue weighted by Crippen LogP contribution is -2.50. The van der Waals surface area contributed by atoms with Crippen LogP contribution in [0.2, 0.25) is 0 Å². The first-order valence-corrected chi connectivity index (χ1v) is 12.0. The highest BCUT2D eigenvalue weighted by molar-refractivity contribution is 5.93. The van der Waals surface area contributed by atoms with Gasteiger partial charge in [0, 0.05) is 54.2 Å². The van der Waals surface area contributed by atoms with Crippen LogP contribution in [-0.2, 0) is 4.79 Å². The van der Waals surface area contributed by atoms with Crippen molar-refractivity contribution >= 4 is 28.3 Å². The summed E-state index contributed by atoms with van der Waals surface area (Å²) in [6.45, 7) is 1.28. The number of nitrogens with one attached hydrogen (secondary N) is 1. The Kier molecular flexibility index (Phi) is 5.12. The molecule has 0 radical (unpaired) electrons. The van der Waals surface area contributed by atoms with Crippen molar-refractivity contribution in [2.75, 3.05) is 18.0 Å². The minimum atomic E-state index is -0.241. The summed E-state index contributed by atoms with van der Waals surface area (Å²) < 4.78 is 13.5. The maximum absolute atomic E-state index is 13.7. The third-order valence-corrected chi connectivity index (χ3v) is 7.67. The molecule has 2 aliphatic heterocycles. The molecule has 6 nitrogen and oxygen atoms in total. The Hall–Kier alpha value is -3.22. The first-order valence-electron chi connectivity index (χ1n) is 12.0. The molecule has 170 valence electrons. The number of fused-ring (bicyclic) bond motifs is 2. The third kappa shape index (κ3) is 3.59. The lowest BCUT2D eigenvalue weighted by atomic mass is 9.84. The van der Waals surface area contributed by atoms with Gasteiger partial charge in [-0.15, -0.1) is 0 Å². The van der Waals surface area contributed by atoms with E-state index < -0.39 is 0 Å². The normalized spacial score (nSPS) is 25.2. The number of carbonyl (C=O) groups excluding carboxylic acids is 1. The zero-order valence-corrected chi connectivity index (χ0v) is 18.6. The third-order valence-electron chi connectivity index (χ3n) is 7.67. The van der Waals surface area contributed by atoms with Crippen LogP contribution < -0.4 is 4.90 Å². The van der Waals surface area contributed by atoms with Gasteiger partial charge < -0.3 is 14.8 Å². The maximum atomic E-state index is 13.7. The summed E-state index contributed by atoms with van der Waals surface area (Å²) in [5, 5.41) is 1.02. The molecule has 3 atom stereocenters.